The lowest BCUT2D eigenvalue weighted by atomic mass is 10.1. The van der Waals surface area contributed by atoms with Gasteiger partial charge in [0.25, 0.3) is 0 Å². The molecule has 0 heterocycles. The topological polar surface area (TPSA) is 78.9 Å². The maximum absolute atomic E-state index is 12.9. The third-order valence-electron chi connectivity index (χ3n) is 12.8. The minimum Gasteiger partial charge on any atom is -0.462 e. The van der Waals surface area contributed by atoms with Gasteiger partial charge >= 0.3 is 17.9 Å². The summed E-state index contributed by atoms with van der Waals surface area (Å²) in [6.45, 7) is 6.61. The number of hydrogen-bond donors (Lipinski definition) is 0. The first-order valence-corrected chi connectivity index (χ1v) is 29.1. The van der Waals surface area contributed by atoms with Crippen LogP contribution in [0.3, 0.4) is 0 Å². The monoisotopic (exact) mass is 939 g/mol. The summed E-state index contributed by atoms with van der Waals surface area (Å²) in [5.41, 5.74) is 0. The quantitative estimate of drug-likeness (QED) is 0.0262. The number of ether oxygens (including phenoxy) is 3. The molecule has 0 N–H and O–H groups in total. The molecule has 0 spiro atoms. The Bertz CT molecular complexity index is 1170. The molecule has 0 saturated carbocycles. The van der Waals surface area contributed by atoms with Gasteiger partial charge in [0, 0.05) is 19.3 Å². The Morgan fingerprint density at radius 2 is 0.537 bits per heavy atom. The van der Waals surface area contributed by atoms with Crippen molar-refractivity contribution in [3.63, 3.8) is 0 Å². The average Bonchev–Trinajstić information content (AvgIpc) is 3.33. The molecule has 0 saturated heterocycles. The summed E-state index contributed by atoms with van der Waals surface area (Å²) in [6, 6.07) is 0. The molecule has 6 heteroatoms. The standard InChI is InChI=1S/C61H110O6/c1-4-7-10-13-16-19-22-25-27-29-30-32-34-37-40-43-46-49-52-55-61(64)67-58(56-65-59(62)53-50-47-44-41-38-35-24-21-18-15-12-9-6-3)57-66-60(63)54-51-48-45-42-39-36-33-31-28-26-23-20-17-14-11-8-5-2/h16,19,21,24-28,58H,4-15,17-18,20,22-23,29-57H2,1-3H3/b19-16-,24-21-,27-25-,28-26-/t58-/m0/s1. The summed E-state index contributed by atoms with van der Waals surface area (Å²) >= 11 is 0. The average molecular weight is 940 g/mol. The lowest BCUT2D eigenvalue weighted by molar-refractivity contribution is -0.167. The maximum Gasteiger partial charge on any atom is 0.306 e. The molecule has 0 aromatic rings. The fourth-order valence-electron chi connectivity index (χ4n) is 8.35. The number of carbonyl (C=O) groups is 3. The minimum atomic E-state index is -0.779. The third kappa shape index (κ3) is 54.2. The zero-order chi connectivity index (χ0) is 48.6. The van der Waals surface area contributed by atoms with Gasteiger partial charge in [0.05, 0.1) is 0 Å². The van der Waals surface area contributed by atoms with Gasteiger partial charge in [-0.15, -0.1) is 0 Å². The van der Waals surface area contributed by atoms with E-state index >= 15 is 0 Å². The van der Waals surface area contributed by atoms with Gasteiger partial charge in [-0.3, -0.25) is 14.4 Å². The van der Waals surface area contributed by atoms with Gasteiger partial charge in [0.15, 0.2) is 6.10 Å². The van der Waals surface area contributed by atoms with E-state index in [-0.39, 0.29) is 31.1 Å². The van der Waals surface area contributed by atoms with Gasteiger partial charge in [-0.05, 0) is 103 Å². The van der Waals surface area contributed by atoms with E-state index in [1.165, 1.54) is 193 Å². The molecule has 0 rings (SSSR count). The minimum absolute atomic E-state index is 0.0781. The van der Waals surface area contributed by atoms with Crippen molar-refractivity contribution in [2.24, 2.45) is 0 Å². The first kappa shape index (κ1) is 64.4. The maximum atomic E-state index is 12.9. The fourth-order valence-corrected chi connectivity index (χ4v) is 8.35. The Morgan fingerprint density at radius 3 is 0.881 bits per heavy atom. The molecule has 0 aromatic carbocycles. The first-order valence-electron chi connectivity index (χ1n) is 29.1. The van der Waals surface area contributed by atoms with Crippen LogP contribution < -0.4 is 0 Å². The van der Waals surface area contributed by atoms with Gasteiger partial charge in [0.2, 0.25) is 0 Å². The molecule has 0 bridgehead atoms. The highest BCUT2D eigenvalue weighted by Crippen LogP contribution is 2.15. The van der Waals surface area contributed by atoms with Crippen LogP contribution in [-0.4, -0.2) is 37.2 Å². The van der Waals surface area contributed by atoms with Crippen molar-refractivity contribution in [2.75, 3.05) is 13.2 Å². The SMILES string of the molecule is CCCCC/C=C\C/C=C\CCCCCCCCCCCC(=O)O[C@@H](COC(=O)CCCCCCC/C=C\CCCCCC)COC(=O)CCCCCCCCC/C=C\CCCCCCCC. The van der Waals surface area contributed by atoms with Crippen molar-refractivity contribution in [3.05, 3.63) is 48.6 Å². The van der Waals surface area contributed by atoms with Crippen molar-refractivity contribution >= 4 is 17.9 Å². The van der Waals surface area contributed by atoms with Crippen molar-refractivity contribution in [1.29, 1.82) is 0 Å². The molecule has 0 unspecified atom stereocenters. The predicted octanol–water partition coefficient (Wildman–Crippen LogP) is 19.4. The Balaban J connectivity index is 4.36. The number of rotatable bonds is 53. The molecule has 6 nitrogen and oxygen atoms in total. The second kappa shape index (κ2) is 56.0. The zero-order valence-corrected chi connectivity index (χ0v) is 44.7. The van der Waals surface area contributed by atoms with Gasteiger partial charge < -0.3 is 14.2 Å². The molecular weight excluding hydrogens is 829 g/mol. The summed E-state index contributed by atoms with van der Waals surface area (Å²) in [4.78, 5) is 38.1. The van der Waals surface area contributed by atoms with Crippen LogP contribution >= 0.6 is 0 Å². The molecule has 1 atom stereocenters. The zero-order valence-electron chi connectivity index (χ0n) is 44.7. The van der Waals surface area contributed by atoms with Gasteiger partial charge in [-0.1, -0.05) is 230 Å². The molecular formula is C61H110O6. The Hall–Kier alpha value is -2.63. The highest BCUT2D eigenvalue weighted by molar-refractivity contribution is 5.71. The molecule has 0 aliphatic heterocycles. The number of hydrogen-bond acceptors (Lipinski definition) is 6. The van der Waals surface area contributed by atoms with Crippen LogP contribution in [0.5, 0.6) is 0 Å². The number of esters is 3. The van der Waals surface area contributed by atoms with Crippen LogP contribution in [0.2, 0.25) is 0 Å². The first-order chi connectivity index (χ1) is 33.0. The summed E-state index contributed by atoms with van der Waals surface area (Å²) in [7, 11) is 0. The van der Waals surface area contributed by atoms with E-state index in [0.717, 1.165) is 70.6 Å². The molecule has 0 amide bonds. The number of carbonyl (C=O) groups excluding carboxylic acids is 3. The van der Waals surface area contributed by atoms with Crippen LogP contribution in [0.15, 0.2) is 48.6 Å². The highest BCUT2D eigenvalue weighted by atomic mass is 16.6. The third-order valence-corrected chi connectivity index (χ3v) is 12.8. The number of unbranched alkanes of at least 4 members (excludes halogenated alkanes) is 34. The summed E-state index contributed by atoms with van der Waals surface area (Å²) < 4.78 is 16.9. The van der Waals surface area contributed by atoms with E-state index in [1.807, 2.05) is 0 Å². The van der Waals surface area contributed by atoms with E-state index in [4.69, 9.17) is 14.2 Å². The predicted molar refractivity (Wildman–Crippen MR) is 289 cm³/mol. The van der Waals surface area contributed by atoms with Gasteiger partial charge in [-0.25, -0.2) is 0 Å². The lowest BCUT2D eigenvalue weighted by Gasteiger charge is -2.18. The molecule has 0 aliphatic rings. The normalized spacial score (nSPS) is 12.3. The Kier molecular flexibility index (Phi) is 53.8. The molecule has 0 aliphatic carbocycles. The summed E-state index contributed by atoms with van der Waals surface area (Å²) in [5, 5.41) is 0. The number of allylic oxidation sites excluding steroid dienone is 8. The second-order valence-corrected chi connectivity index (χ2v) is 19.5. The summed E-state index contributed by atoms with van der Waals surface area (Å²) in [5.74, 6) is -0.882. The Morgan fingerprint density at radius 1 is 0.299 bits per heavy atom. The van der Waals surface area contributed by atoms with Crippen LogP contribution in [-0.2, 0) is 28.6 Å². The van der Waals surface area contributed by atoms with Crippen LogP contribution in [0.4, 0.5) is 0 Å². The van der Waals surface area contributed by atoms with Crippen molar-refractivity contribution in [3.8, 4) is 0 Å². The van der Waals surface area contributed by atoms with E-state index in [0.29, 0.717) is 19.3 Å². The van der Waals surface area contributed by atoms with Crippen LogP contribution in [0.1, 0.15) is 303 Å². The van der Waals surface area contributed by atoms with Gasteiger partial charge in [-0.2, -0.15) is 0 Å². The van der Waals surface area contributed by atoms with Gasteiger partial charge in [0.1, 0.15) is 13.2 Å². The smallest absolute Gasteiger partial charge is 0.306 e. The largest absolute Gasteiger partial charge is 0.462 e. The molecule has 390 valence electrons. The van der Waals surface area contributed by atoms with Crippen LogP contribution in [0.25, 0.3) is 0 Å². The molecule has 67 heavy (non-hydrogen) atoms. The molecule has 0 radical (unpaired) electrons. The van der Waals surface area contributed by atoms with Crippen molar-refractivity contribution in [2.45, 2.75) is 309 Å². The molecule has 0 aromatic heterocycles. The molecule has 0 fully saturated rings. The second-order valence-electron chi connectivity index (χ2n) is 19.5. The summed E-state index contributed by atoms with van der Waals surface area (Å²) in [6.07, 6.45) is 68.1. The van der Waals surface area contributed by atoms with E-state index in [9.17, 15) is 14.4 Å². The fraction of sp³-hybridized carbons (Fsp3) is 0.820. The highest BCUT2D eigenvalue weighted by Gasteiger charge is 2.19. The van der Waals surface area contributed by atoms with E-state index < -0.39 is 6.10 Å². The van der Waals surface area contributed by atoms with E-state index in [1.54, 1.807) is 0 Å². The van der Waals surface area contributed by atoms with E-state index in [2.05, 4.69) is 69.4 Å². The van der Waals surface area contributed by atoms with Crippen LogP contribution in [0, 0.1) is 0 Å². The Labute approximate surface area is 416 Å². The van der Waals surface area contributed by atoms with Crippen molar-refractivity contribution in [1.82, 2.24) is 0 Å². The lowest BCUT2D eigenvalue weighted by Crippen LogP contribution is -2.30. The van der Waals surface area contributed by atoms with Crippen molar-refractivity contribution < 1.29 is 28.6 Å².